The van der Waals surface area contributed by atoms with Crippen LogP contribution in [0.1, 0.15) is 25.3 Å². The van der Waals surface area contributed by atoms with Gasteiger partial charge >= 0.3 is 0 Å². The highest BCUT2D eigenvalue weighted by Crippen LogP contribution is 2.19. The van der Waals surface area contributed by atoms with Gasteiger partial charge in [-0.05, 0) is 39.3 Å². The molecule has 0 aromatic carbocycles. The number of piperazine rings is 1. The molecule has 6 nitrogen and oxygen atoms in total. The van der Waals surface area contributed by atoms with E-state index >= 15 is 0 Å². The summed E-state index contributed by atoms with van der Waals surface area (Å²) in [6.07, 6.45) is 6.56. The van der Waals surface area contributed by atoms with Gasteiger partial charge in [0.15, 0.2) is 0 Å². The molecule has 1 aromatic heterocycles. The second-order valence-corrected chi connectivity index (χ2v) is 7.08. The molecule has 2 saturated heterocycles. The number of ether oxygens (including phenoxy) is 1. The summed E-state index contributed by atoms with van der Waals surface area (Å²) in [4.78, 5) is 16.4. The van der Waals surface area contributed by atoms with E-state index in [1.165, 1.54) is 24.9 Å². The molecule has 3 heterocycles. The maximum absolute atomic E-state index is 5.60. The highest BCUT2D eigenvalue weighted by atomic mass is 16.5. The maximum Gasteiger partial charge on any atom is 0.225 e. The average molecular weight is 333 g/mol. The smallest absolute Gasteiger partial charge is 0.225 e. The van der Waals surface area contributed by atoms with E-state index in [0.717, 1.165) is 58.4 Å². The molecule has 134 valence electrons. The van der Waals surface area contributed by atoms with Crippen LogP contribution in [0.25, 0.3) is 0 Å². The Labute approximate surface area is 145 Å². The molecule has 1 aromatic rings. The number of hydrogen-bond acceptors (Lipinski definition) is 6. The lowest BCUT2D eigenvalue weighted by Gasteiger charge is -2.33. The van der Waals surface area contributed by atoms with Crippen molar-refractivity contribution in [2.45, 2.75) is 26.3 Å². The fourth-order valence-electron chi connectivity index (χ4n) is 3.57. The summed E-state index contributed by atoms with van der Waals surface area (Å²) in [6.45, 7) is 11.2. The van der Waals surface area contributed by atoms with Gasteiger partial charge in [-0.3, -0.25) is 4.90 Å². The van der Waals surface area contributed by atoms with Crippen LogP contribution in [-0.2, 0) is 11.3 Å². The third-order valence-corrected chi connectivity index (χ3v) is 5.04. The molecule has 2 aliphatic heterocycles. The van der Waals surface area contributed by atoms with Crippen molar-refractivity contribution < 1.29 is 4.74 Å². The Kier molecular flexibility index (Phi) is 6.40. The largest absolute Gasteiger partial charge is 0.381 e. The van der Waals surface area contributed by atoms with Gasteiger partial charge in [-0.25, -0.2) is 9.97 Å². The summed E-state index contributed by atoms with van der Waals surface area (Å²) in [5.74, 6) is 1.55. The Balaban J connectivity index is 1.50. The molecule has 0 spiro atoms. The van der Waals surface area contributed by atoms with E-state index in [-0.39, 0.29) is 0 Å². The van der Waals surface area contributed by atoms with Crippen molar-refractivity contribution in [1.29, 1.82) is 0 Å². The van der Waals surface area contributed by atoms with Crippen LogP contribution in [0.5, 0.6) is 0 Å². The summed E-state index contributed by atoms with van der Waals surface area (Å²) >= 11 is 0. The van der Waals surface area contributed by atoms with Gasteiger partial charge in [0.2, 0.25) is 5.95 Å². The SMILES string of the molecule is CCOC[C@H]1CCCN(Cc2cnc(N3CCN(C)CC3)nc2)C1. The molecule has 2 aliphatic rings. The molecule has 24 heavy (non-hydrogen) atoms. The quantitative estimate of drug-likeness (QED) is 0.786. The first kappa shape index (κ1) is 17.6. The third-order valence-electron chi connectivity index (χ3n) is 5.04. The van der Waals surface area contributed by atoms with Gasteiger partial charge in [-0.1, -0.05) is 0 Å². The van der Waals surface area contributed by atoms with E-state index in [9.17, 15) is 0 Å². The zero-order valence-corrected chi connectivity index (χ0v) is 15.2. The number of likely N-dealkylation sites (N-methyl/N-ethyl adjacent to an activating group) is 1. The predicted molar refractivity (Wildman–Crippen MR) is 96.2 cm³/mol. The summed E-state index contributed by atoms with van der Waals surface area (Å²) in [7, 11) is 2.17. The van der Waals surface area contributed by atoms with E-state index in [1.54, 1.807) is 0 Å². The van der Waals surface area contributed by atoms with Gasteiger partial charge in [0.1, 0.15) is 0 Å². The minimum atomic E-state index is 0.671. The van der Waals surface area contributed by atoms with Gasteiger partial charge in [-0.15, -0.1) is 0 Å². The lowest BCUT2D eigenvalue weighted by atomic mass is 9.99. The Bertz CT molecular complexity index is 487. The first-order valence-corrected chi connectivity index (χ1v) is 9.29. The van der Waals surface area contributed by atoms with Crippen LogP contribution in [0.2, 0.25) is 0 Å². The minimum Gasteiger partial charge on any atom is -0.381 e. The molecule has 6 heteroatoms. The number of nitrogens with zero attached hydrogens (tertiary/aromatic N) is 5. The van der Waals surface area contributed by atoms with Crippen molar-refractivity contribution in [3.8, 4) is 0 Å². The van der Waals surface area contributed by atoms with Crippen LogP contribution in [0.3, 0.4) is 0 Å². The Hall–Kier alpha value is -1.24. The van der Waals surface area contributed by atoms with Crippen molar-refractivity contribution in [2.75, 3.05) is 64.4 Å². The predicted octanol–water partition coefficient (Wildman–Crippen LogP) is 1.48. The zero-order chi connectivity index (χ0) is 16.8. The standard InChI is InChI=1S/C18H31N5O/c1-3-24-15-16-5-4-6-22(13-16)14-17-11-19-18(20-12-17)23-9-7-21(2)8-10-23/h11-12,16H,3-10,13-15H2,1-2H3/t16-/m0/s1. The molecule has 2 fully saturated rings. The van der Waals surface area contributed by atoms with Gasteiger partial charge in [0.25, 0.3) is 0 Å². The van der Waals surface area contributed by atoms with Crippen molar-refractivity contribution >= 4 is 5.95 Å². The molecule has 1 atom stereocenters. The van der Waals surface area contributed by atoms with E-state index in [1.807, 2.05) is 12.4 Å². The molecule has 0 saturated carbocycles. The zero-order valence-electron chi connectivity index (χ0n) is 15.2. The number of hydrogen-bond donors (Lipinski definition) is 0. The third kappa shape index (κ3) is 4.88. The van der Waals surface area contributed by atoms with E-state index < -0.39 is 0 Å². The number of anilines is 1. The van der Waals surface area contributed by atoms with Crippen molar-refractivity contribution in [2.24, 2.45) is 5.92 Å². The van der Waals surface area contributed by atoms with Crippen LogP contribution in [-0.4, -0.2) is 79.3 Å². The van der Waals surface area contributed by atoms with Crippen LogP contribution in [0, 0.1) is 5.92 Å². The van der Waals surface area contributed by atoms with E-state index in [2.05, 4.69) is 38.6 Å². The van der Waals surface area contributed by atoms with E-state index in [4.69, 9.17) is 4.74 Å². The summed E-state index contributed by atoms with van der Waals surface area (Å²) in [5.41, 5.74) is 1.21. The highest BCUT2D eigenvalue weighted by molar-refractivity contribution is 5.30. The number of aromatic nitrogens is 2. The van der Waals surface area contributed by atoms with Crippen LogP contribution in [0.4, 0.5) is 5.95 Å². The Morgan fingerprint density at radius 3 is 2.58 bits per heavy atom. The van der Waals surface area contributed by atoms with Gasteiger partial charge in [0.05, 0.1) is 6.61 Å². The Morgan fingerprint density at radius 2 is 1.88 bits per heavy atom. The molecule has 0 bridgehead atoms. The first-order chi connectivity index (χ1) is 11.7. The lowest BCUT2D eigenvalue weighted by molar-refractivity contribution is 0.0646. The first-order valence-electron chi connectivity index (χ1n) is 9.29. The average Bonchev–Trinajstić information content (AvgIpc) is 2.62. The number of likely N-dealkylation sites (tertiary alicyclic amines) is 1. The van der Waals surface area contributed by atoms with Crippen molar-refractivity contribution in [3.05, 3.63) is 18.0 Å². The monoisotopic (exact) mass is 333 g/mol. The minimum absolute atomic E-state index is 0.671. The fourth-order valence-corrected chi connectivity index (χ4v) is 3.57. The van der Waals surface area contributed by atoms with Gasteiger partial charge in [-0.2, -0.15) is 0 Å². The molecule has 0 radical (unpaired) electrons. The second-order valence-electron chi connectivity index (χ2n) is 7.08. The van der Waals surface area contributed by atoms with Gasteiger partial charge < -0.3 is 14.5 Å². The molecule has 0 aliphatic carbocycles. The topological polar surface area (TPSA) is 44.7 Å². The van der Waals surface area contributed by atoms with E-state index in [0.29, 0.717) is 5.92 Å². The lowest BCUT2D eigenvalue weighted by Crippen LogP contribution is -2.45. The number of piperidine rings is 1. The maximum atomic E-state index is 5.60. The molecule has 0 amide bonds. The highest BCUT2D eigenvalue weighted by Gasteiger charge is 2.21. The van der Waals surface area contributed by atoms with Crippen molar-refractivity contribution in [3.63, 3.8) is 0 Å². The number of rotatable bonds is 6. The van der Waals surface area contributed by atoms with Crippen LogP contribution in [0.15, 0.2) is 12.4 Å². The normalized spacial score (nSPS) is 23.6. The second kappa shape index (κ2) is 8.74. The summed E-state index contributed by atoms with van der Waals surface area (Å²) in [5, 5.41) is 0. The van der Waals surface area contributed by atoms with Crippen LogP contribution < -0.4 is 4.90 Å². The Morgan fingerprint density at radius 1 is 1.12 bits per heavy atom. The molecular weight excluding hydrogens is 302 g/mol. The van der Waals surface area contributed by atoms with Gasteiger partial charge in [0, 0.05) is 63.8 Å². The molecule has 0 unspecified atom stereocenters. The fraction of sp³-hybridized carbons (Fsp3) is 0.778. The van der Waals surface area contributed by atoms with Crippen molar-refractivity contribution in [1.82, 2.24) is 19.8 Å². The molecular formula is C18H31N5O. The molecule has 3 rings (SSSR count). The van der Waals surface area contributed by atoms with Crippen LogP contribution >= 0.6 is 0 Å². The molecule has 0 N–H and O–H groups in total. The summed E-state index contributed by atoms with van der Waals surface area (Å²) < 4.78 is 5.60. The summed E-state index contributed by atoms with van der Waals surface area (Å²) in [6, 6.07) is 0.